The summed E-state index contributed by atoms with van der Waals surface area (Å²) >= 11 is 0. The fourth-order valence-electron chi connectivity index (χ4n) is 2.96. The molecule has 1 heterocycles. The first-order chi connectivity index (χ1) is 7.09. The minimum Gasteiger partial charge on any atom is -0.309 e. The van der Waals surface area contributed by atoms with E-state index >= 15 is 0 Å². The molecule has 1 aliphatic carbocycles. The smallest absolute Gasteiger partial charge is 0.156 e. The molecule has 3 nitrogen and oxygen atoms in total. The molecule has 0 spiro atoms. The Morgan fingerprint density at radius 3 is 2.47 bits per heavy atom. The highest BCUT2D eigenvalue weighted by Gasteiger charge is 2.39. The van der Waals surface area contributed by atoms with E-state index in [2.05, 4.69) is 5.32 Å². The predicted molar refractivity (Wildman–Crippen MR) is 61.7 cm³/mol. The summed E-state index contributed by atoms with van der Waals surface area (Å²) in [5.74, 6) is 0.328. The maximum absolute atomic E-state index is 12.1. The van der Waals surface area contributed by atoms with E-state index in [1.165, 1.54) is 19.3 Å². The largest absolute Gasteiger partial charge is 0.309 e. The van der Waals surface area contributed by atoms with Gasteiger partial charge in [0.2, 0.25) is 0 Å². The van der Waals surface area contributed by atoms with Crippen LogP contribution in [0.2, 0.25) is 0 Å². The molecule has 0 amide bonds. The van der Waals surface area contributed by atoms with Gasteiger partial charge in [0.1, 0.15) is 0 Å². The second-order valence-corrected chi connectivity index (χ2v) is 7.30. The molecule has 2 aliphatic rings. The average molecular weight is 231 g/mol. The molecule has 0 bridgehead atoms. The topological polar surface area (TPSA) is 46.2 Å². The zero-order chi connectivity index (χ0) is 10.9. The van der Waals surface area contributed by atoms with Crippen LogP contribution in [0.5, 0.6) is 0 Å². The monoisotopic (exact) mass is 231 g/mol. The van der Waals surface area contributed by atoms with E-state index in [1.807, 2.05) is 6.92 Å². The van der Waals surface area contributed by atoms with Gasteiger partial charge in [0.05, 0.1) is 11.0 Å². The van der Waals surface area contributed by atoms with Crippen molar-refractivity contribution in [1.29, 1.82) is 0 Å². The van der Waals surface area contributed by atoms with Crippen molar-refractivity contribution in [1.82, 2.24) is 5.32 Å². The van der Waals surface area contributed by atoms with Gasteiger partial charge >= 0.3 is 0 Å². The molecule has 2 rings (SSSR count). The molecule has 4 heteroatoms. The van der Waals surface area contributed by atoms with Crippen LogP contribution in [-0.4, -0.2) is 31.5 Å². The second-order valence-electron chi connectivity index (χ2n) is 5.03. The van der Waals surface area contributed by atoms with E-state index in [-0.39, 0.29) is 17.3 Å². The Labute approximate surface area is 92.6 Å². The van der Waals surface area contributed by atoms with Crippen LogP contribution in [0, 0.1) is 0 Å². The normalized spacial score (nSPS) is 41.3. The molecule has 3 unspecified atom stereocenters. The molecule has 0 aromatic rings. The standard InChI is InChI=1S/C11H21NO2S/c1-9-8-15(13,14)11-7-5-3-2-4-6-10(11)12-9/h9-12H,2-8H2,1H3. The number of nitrogens with one attached hydrogen (secondary N) is 1. The summed E-state index contributed by atoms with van der Waals surface area (Å²) in [5.41, 5.74) is 0. The van der Waals surface area contributed by atoms with Gasteiger partial charge in [0.25, 0.3) is 0 Å². The molecule has 1 saturated heterocycles. The predicted octanol–water partition coefficient (Wildman–Crippen LogP) is 1.48. The summed E-state index contributed by atoms with van der Waals surface area (Å²) in [6, 6.07) is 0.356. The minimum atomic E-state index is -2.83. The van der Waals surface area contributed by atoms with Crippen LogP contribution >= 0.6 is 0 Å². The summed E-state index contributed by atoms with van der Waals surface area (Å²) in [5, 5.41) is 3.36. The van der Waals surface area contributed by atoms with Crippen molar-refractivity contribution in [2.24, 2.45) is 0 Å². The van der Waals surface area contributed by atoms with Gasteiger partial charge < -0.3 is 5.32 Å². The number of sulfone groups is 1. The Bertz CT molecular complexity index is 313. The van der Waals surface area contributed by atoms with E-state index in [1.54, 1.807) is 0 Å². The summed E-state index contributed by atoms with van der Waals surface area (Å²) in [6.45, 7) is 1.98. The maximum atomic E-state index is 12.1. The first-order valence-corrected chi connectivity index (χ1v) is 7.79. The zero-order valence-corrected chi connectivity index (χ0v) is 10.2. The summed E-state index contributed by atoms with van der Waals surface area (Å²) < 4.78 is 24.1. The Hall–Kier alpha value is -0.0900. The van der Waals surface area contributed by atoms with Crippen LogP contribution < -0.4 is 5.32 Å². The molecule has 2 fully saturated rings. The van der Waals surface area contributed by atoms with Gasteiger partial charge in [-0.15, -0.1) is 0 Å². The van der Waals surface area contributed by atoms with Gasteiger partial charge in [-0.1, -0.05) is 25.7 Å². The minimum absolute atomic E-state index is 0.103. The van der Waals surface area contributed by atoms with Crippen LogP contribution in [0.3, 0.4) is 0 Å². The van der Waals surface area contributed by atoms with E-state index in [9.17, 15) is 8.42 Å². The molecular formula is C11H21NO2S. The van der Waals surface area contributed by atoms with Gasteiger partial charge in [-0.05, 0) is 19.8 Å². The fraction of sp³-hybridized carbons (Fsp3) is 1.00. The lowest BCUT2D eigenvalue weighted by Crippen LogP contribution is -2.56. The van der Waals surface area contributed by atoms with Crippen molar-refractivity contribution < 1.29 is 8.42 Å². The lowest BCUT2D eigenvalue weighted by atomic mass is 9.95. The van der Waals surface area contributed by atoms with Crippen LogP contribution in [0.25, 0.3) is 0 Å². The Morgan fingerprint density at radius 2 is 1.73 bits per heavy atom. The van der Waals surface area contributed by atoms with Gasteiger partial charge in [0.15, 0.2) is 9.84 Å². The van der Waals surface area contributed by atoms with Gasteiger partial charge in [-0.3, -0.25) is 0 Å². The maximum Gasteiger partial charge on any atom is 0.156 e. The number of fused-ring (bicyclic) bond motifs is 1. The highest BCUT2D eigenvalue weighted by molar-refractivity contribution is 7.92. The SMILES string of the molecule is CC1CS(=O)(=O)C2CCCCCCC2N1. The molecule has 1 aliphatic heterocycles. The zero-order valence-electron chi connectivity index (χ0n) is 9.41. The Morgan fingerprint density at radius 1 is 1.07 bits per heavy atom. The Kier molecular flexibility index (Phi) is 3.36. The molecule has 3 atom stereocenters. The number of rotatable bonds is 0. The second kappa shape index (κ2) is 4.42. The number of hydrogen-bond acceptors (Lipinski definition) is 3. The van der Waals surface area contributed by atoms with Crippen molar-refractivity contribution in [3.63, 3.8) is 0 Å². The van der Waals surface area contributed by atoms with Crippen LogP contribution in [0.1, 0.15) is 45.4 Å². The van der Waals surface area contributed by atoms with Crippen LogP contribution in [-0.2, 0) is 9.84 Å². The molecule has 1 N–H and O–H groups in total. The van der Waals surface area contributed by atoms with Crippen molar-refractivity contribution >= 4 is 9.84 Å². The van der Waals surface area contributed by atoms with Gasteiger partial charge in [-0.2, -0.15) is 0 Å². The fourth-order valence-corrected chi connectivity index (χ4v) is 5.24. The van der Waals surface area contributed by atoms with Crippen molar-refractivity contribution in [3.05, 3.63) is 0 Å². The third-order valence-corrected chi connectivity index (χ3v) is 6.10. The Balaban J connectivity index is 2.17. The molecule has 1 saturated carbocycles. The van der Waals surface area contributed by atoms with Crippen LogP contribution in [0.15, 0.2) is 0 Å². The number of hydrogen-bond donors (Lipinski definition) is 1. The molecule has 88 valence electrons. The van der Waals surface area contributed by atoms with E-state index in [0.29, 0.717) is 5.75 Å². The van der Waals surface area contributed by atoms with Crippen LogP contribution in [0.4, 0.5) is 0 Å². The third kappa shape index (κ3) is 2.53. The third-order valence-electron chi connectivity index (χ3n) is 3.64. The van der Waals surface area contributed by atoms with E-state index in [0.717, 1.165) is 19.3 Å². The molecule has 0 radical (unpaired) electrons. The lowest BCUT2D eigenvalue weighted by Gasteiger charge is -2.37. The summed E-state index contributed by atoms with van der Waals surface area (Å²) in [4.78, 5) is 0. The lowest BCUT2D eigenvalue weighted by molar-refractivity contribution is 0.348. The van der Waals surface area contributed by atoms with Gasteiger partial charge in [-0.25, -0.2) is 8.42 Å². The molecule has 0 aromatic heterocycles. The summed E-state index contributed by atoms with van der Waals surface area (Å²) in [7, 11) is -2.83. The molecular weight excluding hydrogens is 210 g/mol. The van der Waals surface area contributed by atoms with Crippen molar-refractivity contribution in [2.75, 3.05) is 5.75 Å². The average Bonchev–Trinajstić information content (AvgIpc) is 2.06. The molecule has 15 heavy (non-hydrogen) atoms. The van der Waals surface area contributed by atoms with E-state index < -0.39 is 9.84 Å². The highest BCUT2D eigenvalue weighted by Crippen LogP contribution is 2.27. The first-order valence-electron chi connectivity index (χ1n) is 6.07. The summed E-state index contributed by atoms with van der Waals surface area (Å²) in [6.07, 6.45) is 6.63. The van der Waals surface area contributed by atoms with E-state index in [4.69, 9.17) is 0 Å². The first kappa shape index (κ1) is 11.4. The van der Waals surface area contributed by atoms with Gasteiger partial charge in [0, 0.05) is 12.1 Å². The highest BCUT2D eigenvalue weighted by atomic mass is 32.2. The molecule has 0 aromatic carbocycles. The quantitative estimate of drug-likeness (QED) is 0.687. The van der Waals surface area contributed by atoms with Crippen molar-refractivity contribution in [2.45, 2.75) is 62.8 Å². The van der Waals surface area contributed by atoms with Crippen molar-refractivity contribution in [3.8, 4) is 0 Å².